The largest absolute Gasteiger partial charge is 0.395 e. The van der Waals surface area contributed by atoms with Crippen molar-refractivity contribution in [3.8, 4) is 0 Å². The molecule has 118 valence electrons. The second-order valence-electron chi connectivity index (χ2n) is 6.26. The molecule has 1 N–H and O–H groups in total. The summed E-state index contributed by atoms with van der Waals surface area (Å²) in [5.41, 5.74) is 0.301. The quantitative estimate of drug-likeness (QED) is 0.522. The molecule has 0 bridgehead atoms. The molecule has 1 aliphatic heterocycles. The number of aliphatic hydroxyl groups is 1. The lowest BCUT2D eigenvalue weighted by Crippen LogP contribution is -2.26. The van der Waals surface area contributed by atoms with Crippen LogP contribution >= 0.6 is 0 Å². The van der Waals surface area contributed by atoms with Gasteiger partial charge in [-0.05, 0) is 6.07 Å². The molecule has 3 rings (SSSR count). The Morgan fingerprint density at radius 2 is 2.18 bits per heavy atom. The van der Waals surface area contributed by atoms with Gasteiger partial charge < -0.3 is 14.4 Å². The van der Waals surface area contributed by atoms with E-state index < -0.39 is 21.8 Å². The number of benzene rings is 1. The van der Waals surface area contributed by atoms with Crippen molar-refractivity contribution in [1.82, 2.24) is 4.57 Å². The molecule has 1 aromatic carbocycles. The molecule has 0 aliphatic carbocycles. The summed E-state index contributed by atoms with van der Waals surface area (Å²) in [5, 5.41) is 21.1. The highest BCUT2D eigenvalue weighted by molar-refractivity contribution is 5.84. The van der Waals surface area contributed by atoms with Gasteiger partial charge in [0.05, 0.1) is 36.3 Å². The van der Waals surface area contributed by atoms with Gasteiger partial charge in [0.25, 0.3) is 0 Å². The molecule has 1 fully saturated rings. The van der Waals surface area contributed by atoms with E-state index in [4.69, 9.17) is 4.74 Å². The van der Waals surface area contributed by atoms with Crippen molar-refractivity contribution in [2.24, 2.45) is 0 Å². The molecular formula is C15H17FN2O4. The Morgan fingerprint density at radius 3 is 2.73 bits per heavy atom. The third kappa shape index (κ3) is 2.46. The van der Waals surface area contributed by atoms with Crippen LogP contribution in [0.2, 0.25) is 0 Å². The fraction of sp³-hybridized carbons (Fsp3) is 0.467. The van der Waals surface area contributed by atoms with Crippen LogP contribution in [0.15, 0.2) is 18.2 Å². The Balaban J connectivity index is 2.23. The van der Waals surface area contributed by atoms with Gasteiger partial charge in [-0.3, -0.25) is 10.1 Å². The van der Waals surface area contributed by atoms with Gasteiger partial charge in [-0.1, -0.05) is 13.8 Å². The number of fused-ring (bicyclic) bond motifs is 1. The second-order valence-corrected chi connectivity index (χ2v) is 6.26. The van der Waals surface area contributed by atoms with E-state index >= 15 is 0 Å². The molecule has 1 saturated heterocycles. The molecule has 1 atom stereocenters. The van der Waals surface area contributed by atoms with Gasteiger partial charge in [0.15, 0.2) is 0 Å². The van der Waals surface area contributed by atoms with Crippen LogP contribution in [-0.4, -0.2) is 33.9 Å². The van der Waals surface area contributed by atoms with E-state index in [-0.39, 0.29) is 12.7 Å². The van der Waals surface area contributed by atoms with Crippen LogP contribution in [0.5, 0.6) is 0 Å². The number of rotatable bonds is 5. The van der Waals surface area contributed by atoms with Crippen molar-refractivity contribution in [3.63, 3.8) is 0 Å². The van der Waals surface area contributed by atoms with Crippen molar-refractivity contribution in [1.29, 1.82) is 0 Å². The van der Waals surface area contributed by atoms with E-state index in [9.17, 15) is 19.6 Å². The lowest BCUT2D eigenvalue weighted by Gasteiger charge is -2.24. The fourth-order valence-corrected chi connectivity index (χ4v) is 2.63. The van der Waals surface area contributed by atoms with Crippen LogP contribution in [0.4, 0.5) is 10.1 Å². The first-order chi connectivity index (χ1) is 10.3. The number of ether oxygens (including phenoxy) is 1. The molecule has 7 heteroatoms. The maximum Gasteiger partial charge on any atom is 0.305 e. The van der Waals surface area contributed by atoms with Gasteiger partial charge in [0.2, 0.25) is 5.82 Å². The third-order valence-corrected chi connectivity index (χ3v) is 4.04. The minimum absolute atomic E-state index is 0.0714. The molecule has 1 unspecified atom stereocenters. The number of nitro benzene ring substituents is 1. The number of epoxide rings is 1. The molecule has 0 radical (unpaired) electrons. The summed E-state index contributed by atoms with van der Waals surface area (Å²) >= 11 is 0. The van der Waals surface area contributed by atoms with Crippen molar-refractivity contribution in [3.05, 3.63) is 39.8 Å². The first-order valence-corrected chi connectivity index (χ1v) is 7.03. The van der Waals surface area contributed by atoms with Gasteiger partial charge >= 0.3 is 5.69 Å². The highest BCUT2D eigenvalue weighted by Gasteiger charge is 2.31. The molecule has 0 amide bonds. The number of aromatic nitrogens is 1. The Bertz CT molecular complexity index is 750. The molecule has 0 saturated carbocycles. The topological polar surface area (TPSA) is 80.8 Å². The van der Waals surface area contributed by atoms with Crippen LogP contribution in [0, 0.1) is 15.9 Å². The van der Waals surface area contributed by atoms with Gasteiger partial charge in [0, 0.05) is 28.6 Å². The smallest absolute Gasteiger partial charge is 0.305 e. The van der Waals surface area contributed by atoms with Crippen molar-refractivity contribution in [2.45, 2.75) is 31.9 Å². The van der Waals surface area contributed by atoms with Crippen molar-refractivity contribution in [2.75, 3.05) is 13.2 Å². The minimum atomic E-state index is -0.859. The van der Waals surface area contributed by atoms with Gasteiger partial charge in [-0.15, -0.1) is 0 Å². The number of nitro groups is 1. The number of hydrogen-bond donors (Lipinski definition) is 1. The highest BCUT2D eigenvalue weighted by Crippen LogP contribution is 2.34. The predicted octanol–water partition coefficient (Wildman–Crippen LogP) is 2.36. The van der Waals surface area contributed by atoms with E-state index in [1.54, 1.807) is 6.07 Å². The summed E-state index contributed by atoms with van der Waals surface area (Å²) in [5.74, 6) is -0.859. The molecule has 1 aliphatic rings. The summed E-state index contributed by atoms with van der Waals surface area (Å²) < 4.78 is 21.1. The Labute approximate surface area is 126 Å². The standard InChI is InChI=1S/C15H17FN2O4/c1-15(2,8-19)14-4-9-3-13(18(20)21)11(16)5-12(9)17(14)6-10-7-22-10/h3-5,10,19H,6-8H2,1-2H3. The van der Waals surface area contributed by atoms with Crippen LogP contribution in [0.25, 0.3) is 10.9 Å². The summed E-state index contributed by atoms with van der Waals surface area (Å²) in [6.45, 7) is 4.85. The maximum absolute atomic E-state index is 14.0. The summed E-state index contributed by atoms with van der Waals surface area (Å²) in [4.78, 5) is 10.2. The second kappa shape index (κ2) is 5.03. The van der Waals surface area contributed by atoms with Crippen LogP contribution in [0.1, 0.15) is 19.5 Å². The average molecular weight is 308 g/mol. The molecule has 1 aromatic heterocycles. The van der Waals surface area contributed by atoms with Crippen LogP contribution in [0.3, 0.4) is 0 Å². The minimum Gasteiger partial charge on any atom is -0.395 e. The molecule has 2 heterocycles. The van der Waals surface area contributed by atoms with E-state index in [1.165, 1.54) is 12.1 Å². The zero-order chi connectivity index (χ0) is 16.1. The molecule has 6 nitrogen and oxygen atoms in total. The summed E-state index contributed by atoms with van der Waals surface area (Å²) in [7, 11) is 0. The number of aliphatic hydroxyl groups excluding tert-OH is 1. The van der Waals surface area contributed by atoms with E-state index in [1.807, 2.05) is 18.4 Å². The van der Waals surface area contributed by atoms with Gasteiger partial charge in [-0.2, -0.15) is 4.39 Å². The normalized spacial score (nSPS) is 17.9. The van der Waals surface area contributed by atoms with E-state index in [0.717, 1.165) is 5.69 Å². The average Bonchev–Trinajstić information content (AvgIpc) is 3.20. The number of nitrogens with zero attached hydrogens (tertiary/aromatic N) is 2. The van der Waals surface area contributed by atoms with Crippen LogP contribution in [-0.2, 0) is 16.7 Å². The molecule has 2 aromatic rings. The Kier molecular flexibility index (Phi) is 3.41. The predicted molar refractivity (Wildman–Crippen MR) is 78.4 cm³/mol. The SMILES string of the molecule is CC(C)(CO)c1cc2cc([N+](=O)[O-])c(F)cc2n1CC1CO1. The van der Waals surface area contributed by atoms with Crippen molar-refractivity contribution >= 4 is 16.6 Å². The Morgan fingerprint density at radius 1 is 1.50 bits per heavy atom. The van der Waals surface area contributed by atoms with E-state index in [0.29, 0.717) is 24.1 Å². The zero-order valence-electron chi connectivity index (χ0n) is 12.4. The van der Waals surface area contributed by atoms with Gasteiger partial charge in [-0.25, -0.2) is 0 Å². The third-order valence-electron chi connectivity index (χ3n) is 4.04. The molecule has 0 spiro atoms. The summed E-state index contributed by atoms with van der Waals surface area (Å²) in [6, 6.07) is 4.21. The Hall–Kier alpha value is -1.99. The molecule has 22 heavy (non-hydrogen) atoms. The highest BCUT2D eigenvalue weighted by atomic mass is 19.1. The first kappa shape index (κ1) is 14.9. The van der Waals surface area contributed by atoms with Gasteiger partial charge in [0.1, 0.15) is 0 Å². The van der Waals surface area contributed by atoms with Crippen molar-refractivity contribution < 1.29 is 19.2 Å². The fourth-order valence-electron chi connectivity index (χ4n) is 2.63. The lowest BCUT2D eigenvalue weighted by molar-refractivity contribution is -0.387. The number of halogens is 1. The maximum atomic E-state index is 14.0. The van der Waals surface area contributed by atoms with E-state index in [2.05, 4.69) is 0 Å². The monoisotopic (exact) mass is 308 g/mol. The lowest BCUT2D eigenvalue weighted by atomic mass is 9.90. The first-order valence-electron chi connectivity index (χ1n) is 7.03. The molecular weight excluding hydrogens is 291 g/mol. The number of hydrogen-bond acceptors (Lipinski definition) is 4. The summed E-state index contributed by atoms with van der Waals surface area (Å²) in [6.07, 6.45) is 0.0714. The van der Waals surface area contributed by atoms with Crippen LogP contribution < -0.4 is 0 Å². The zero-order valence-corrected chi connectivity index (χ0v) is 12.4.